The normalized spacial score (nSPS) is 11.3. The smallest absolute Gasteiger partial charge is 0.168 e. The van der Waals surface area contributed by atoms with E-state index in [1.165, 1.54) is 0 Å². The average molecular weight is 464 g/mol. The molecule has 0 aliphatic rings. The van der Waals surface area contributed by atoms with Crippen LogP contribution in [0.15, 0.2) is 132 Å². The molecule has 0 N–H and O–H groups in total. The van der Waals surface area contributed by atoms with Gasteiger partial charge in [0.2, 0.25) is 0 Å². The van der Waals surface area contributed by atoms with E-state index in [1.807, 2.05) is 66.7 Å². The fourth-order valence-corrected chi connectivity index (χ4v) is 4.82. The Morgan fingerprint density at radius 3 is 1.69 bits per heavy atom. The lowest BCUT2D eigenvalue weighted by atomic mass is 10.0. The summed E-state index contributed by atoms with van der Waals surface area (Å²) in [6.07, 6.45) is 0. The monoisotopic (exact) mass is 463 g/mol. The quantitative estimate of drug-likeness (QED) is 0.245. The van der Waals surface area contributed by atoms with E-state index in [4.69, 9.17) is 14.6 Å². The highest BCUT2D eigenvalue weighted by Crippen LogP contribution is 2.41. The van der Waals surface area contributed by atoms with E-state index in [-0.39, 0.29) is 0 Å². The lowest BCUT2D eigenvalue weighted by Crippen LogP contribution is -2.13. The number of para-hydroxylation sites is 3. The van der Waals surface area contributed by atoms with Crippen LogP contribution in [0.1, 0.15) is 0 Å². The van der Waals surface area contributed by atoms with E-state index in [1.54, 1.807) is 0 Å². The fourth-order valence-electron chi connectivity index (χ4n) is 4.82. The van der Waals surface area contributed by atoms with E-state index >= 15 is 0 Å². The van der Waals surface area contributed by atoms with Crippen molar-refractivity contribution in [3.8, 4) is 11.5 Å². The summed E-state index contributed by atoms with van der Waals surface area (Å²) >= 11 is 0. The highest BCUT2D eigenvalue weighted by atomic mass is 16.3. The topological polar surface area (TPSA) is 42.2 Å². The minimum Gasteiger partial charge on any atom is -0.454 e. The number of furan rings is 1. The van der Waals surface area contributed by atoms with E-state index in [9.17, 15) is 0 Å². The molecule has 0 amide bonds. The third-order valence-electron chi connectivity index (χ3n) is 6.53. The van der Waals surface area contributed by atoms with Crippen LogP contribution in [-0.4, -0.2) is 10.2 Å². The number of nitrogens with zero attached hydrogens (tertiary/aromatic N) is 3. The lowest BCUT2D eigenvalue weighted by Gasteiger charge is -2.25. The van der Waals surface area contributed by atoms with Gasteiger partial charge in [-0.25, -0.2) is 0 Å². The minimum atomic E-state index is 0.710. The third-order valence-corrected chi connectivity index (χ3v) is 6.53. The van der Waals surface area contributed by atoms with Crippen molar-refractivity contribution in [1.29, 1.82) is 0 Å². The maximum Gasteiger partial charge on any atom is 0.168 e. The van der Waals surface area contributed by atoms with Gasteiger partial charge in [-0.3, -0.25) is 4.90 Å². The summed E-state index contributed by atoms with van der Waals surface area (Å²) in [5, 5.41) is 14.9. The molecule has 170 valence electrons. The SMILES string of the molecule is c1ccc(N(c2ccccc2)c2nnc(-c3cc4ccccc4o3)c3cc4ccccc4cc23)cc1. The summed E-state index contributed by atoms with van der Waals surface area (Å²) in [6.45, 7) is 0. The van der Waals surface area contributed by atoms with Gasteiger partial charge in [-0.05, 0) is 59.3 Å². The maximum absolute atomic E-state index is 6.23. The molecule has 0 saturated heterocycles. The molecular formula is C32H21N3O. The first-order valence-corrected chi connectivity index (χ1v) is 11.9. The van der Waals surface area contributed by atoms with Crippen LogP contribution in [0, 0.1) is 0 Å². The van der Waals surface area contributed by atoms with Crippen molar-refractivity contribution in [2.24, 2.45) is 0 Å². The van der Waals surface area contributed by atoms with Gasteiger partial charge in [-0.15, -0.1) is 10.2 Å². The maximum atomic E-state index is 6.23. The van der Waals surface area contributed by atoms with Crippen molar-refractivity contribution in [3.05, 3.63) is 127 Å². The summed E-state index contributed by atoms with van der Waals surface area (Å²) in [7, 11) is 0. The van der Waals surface area contributed by atoms with Gasteiger partial charge < -0.3 is 4.42 Å². The lowest BCUT2D eigenvalue weighted by molar-refractivity contribution is 0.628. The first-order chi connectivity index (χ1) is 17.8. The van der Waals surface area contributed by atoms with Crippen molar-refractivity contribution >= 4 is 49.7 Å². The molecule has 0 atom stereocenters. The zero-order valence-electron chi connectivity index (χ0n) is 19.4. The van der Waals surface area contributed by atoms with Crippen LogP contribution in [0.4, 0.5) is 17.2 Å². The Morgan fingerprint density at radius 2 is 1.06 bits per heavy atom. The van der Waals surface area contributed by atoms with Crippen LogP contribution in [0.3, 0.4) is 0 Å². The van der Waals surface area contributed by atoms with E-state index in [2.05, 4.69) is 65.6 Å². The minimum absolute atomic E-state index is 0.710. The number of hydrogen-bond donors (Lipinski definition) is 0. The van der Waals surface area contributed by atoms with Crippen LogP contribution >= 0.6 is 0 Å². The molecule has 5 aromatic carbocycles. The summed E-state index contributed by atoms with van der Waals surface area (Å²) in [5.41, 5.74) is 3.60. The molecule has 4 nitrogen and oxygen atoms in total. The Kier molecular flexibility index (Phi) is 4.74. The van der Waals surface area contributed by atoms with Crippen LogP contribution in [0.5, 0.6) is 0 Å². The van der Waals surface area contributed by atoms with Crippen LogP contribution in [-0.2, 0) is 0 Å². The second kappa shape index (κ2) is 8.36. The van der Waals surface area contributed by atoms with E-state index < -0.39 is 0 Å². The second-order valence-electron chi connectivity index (χ2n) is 8.77. The molecule has 0 saturated carbocycles. The first kappa shape index (κ1) is 20.4. The second-order valence-corrected chi connectivity index (χ2v) is 8.77. The third kappa shape index (κ3) is 3.39. The molecule has 0 aliphatic carbocycles. The van der Waals surface area contributed by atoms with Gasteiger partial charge in [0, 0.05) is 27.5 Å². The molecular weight excluding hydrogens is 442 g/mol. The van der Waals surface area contributed by atoms with E-state index in [0.717, 1.165) is 55.4 Å². The molecule has 36 heavy (non-hydrogen) atoms. The summed E-state index contributed by atoms with van der Waals surface area (Å²) in [6, 6.07) is 43.4. The highest BCUT2D eigenvalue weighted by Gasteiger charge is 2.21. The zero-order chi connectivity index (χ0) is 23.9. The fraction of sp³-hybridized carbons (Fsp3) is 0. The van der Waals surface area contributed by atoms with Gasteiger partial charge in [-0.2, -0.15) is 0 Å². The molecule has 2 heterocycles. The Morgan fingerprint density at radius 1 is 0.500 bits per heavy atom. The van der Waals surface area contributed by atoms with Crippen molar-refractivity contribution in [2.45, 2.75) is 0 Å². The standard InChI is InChI=1S/C32H21N3O/c1-3-14-25(15-4-1)35(26-16-5-2-6-17-26)32-28-20-23-12-8-7-11-22(23)19-27(28)31(33-34-32)30-21-24-13-9-10-18-29(24)36-30/h1-21H. The number of hydrogen-bond acceptors (Lipinski definition) is 4. The van der Waals surface area contributed by atoms with Crippen LogP contribution in [0.2, 0.25) is 0 Å². The summed E-state index contributed by atoms with van der Waals surface area (Å²) < 4.78 is 6.23. The molecule has 2 aromatic heterocycles. The number of anilines is 3. The van der Waals surface area contributed by atoms with E-state index in [0.29, 0.717) is 5.76 Å². The molecule has 0 radical (unpaired) electrons. The molecule has 7 rings (SSSR count). The van der Waals surface area contributed by atoms with Gasteiger partial charge in [0.05, 0.1) is 0 Å². The van der Waals surface area contributed by atoms with Crippen LogP contribution in [0.25, 0.3) is 44.0 Å². The van der Waals surface area contributed by atoms with Gasteiger partial charge in [0.1, 0.15) is 11.3 Å². The molecule has 4 heteroatoms. The van der Waals surface area contributed by atoms with Crippen molar-refractivity contribution in [1.82, 2.24) is 10.2 Å². The molecule has 0 unspecified atom stereocenters. The Labute approximate surface area is 208 Å². The van der Waals surface area contributed by atoms with Gasteiger partial charge >= 0.3 is 0 Å². The number of rotatable bonds is 4. The molecule has 0 bridgehead atoms. The average Bonchev–Trinajstić information content (AvgIpc) is 3.37. The van der Waals surface area contributed by atoms with Crippen molar-refractivity contribution in [2.75, 3.05) is 4.90 Å². The molecule has 0 aliphatic heterocycles. The van der Waals surface area contributed by atoms with Crippen LogP contribution < -0.4 is 4.90 Å². The van der Waals surface area contributed by atoms with Crippen molar-refractivity contribution < 1.29 is 4.42 Å². The summed E-state index contributed by atoms with van der Waals surface area (Å²) in [5.74, 6) is 1.48. The van der Waals surface area contributed by atoms with Gasteiger partial charge in [0.25, 0.3) is 0 Å². The molecule has 7 aromatic rings. The molecule has 0 spiro atoms. The van der Waals surface area contributed by atoms with Gasteiger partial charge in [0.15, 0.2) is 11.6 Å². The predicted octanol–water partition coefficient (Wildman–Crippen LogP) is 8.67. The number of aromatic nitrogens is 2. The van der Waals surface area contributed by atoms with Gasteiger partial charge in [-0.1, -0.05) is 78.9 Å². The Hall–Kier alpha value is -4.96. The largest absolute Gasteiger partial charge is 0.454 e. The Bertz CT molecular complexity index is 1770. The number of fused-ring (bicyclic) bond motifs is 3. The highest BCUT2D eigenvalue weighted by molar-refractivity contribution is 6.09. The zero-order valence-corrected chi connectivity index (χ0v) is 19.4. The predicted molar refractivity (Wildman–Crippen MR) is 147 cm³/mol. The first-order valence-electron chi connectivity index (χ1n) is 11.9. The van der Waals surface area contributed by atoms with Crippen molar-refractivity contribution in [3.63, 3.8) is 0 Å². The summed E-state index contributed by atoms with van der Waals surface area (Å²) in [4.78, 5) is 2.16. The number of benzene rings is 5. The Balaban J connectivity index is 1.55. The molecule has 0 fully saturated rings.